The van der Waals surface area contributed by atoms with Crippen molar-refractivity contribution < 1.29 is 4.39 Å². The lowest BCUT2D eigenvalue weighted by Crippen LogP contribution is -2.41. The van der Waals surface area contributed by atoms with Crippen molar-refractivity contribution in [3.05, 3.63) is 35.6 Å². The first-order valence-electron chi connectivity index (χ1n) is 8.00. The van der Waals surface area contributed by atoms with E-state index in [1.54, 1.807) is 12.1 Å². The second-order valence-corrected chi connectivity index (χ2v) is 6.47. The van der Waals surface area contributed by atoms with Gasteiger partial charge in [-0.05, 0) is 43.4 Å². The molecule has 114 valence electrons. The fourth-order valence-corrected chi connectivity index (χ4v) is 3.25. The number of nitrogens with zero attached hydrogens (tertiary/aromatic N) is 1. The highest BCUT2D eigenvalue weighted by molar-refractivity contribution is 5.78. The molecule has 0 unspecified atom stereocenters. The SMILES string of the molecule is NC(=NCC1(c2cccc(F)c2)CC1)NC1CCCCC1. The van der Waals surface area contributed by atoms with Crippen molar-refractivity contribution in [2.24, 2.45) is 10.7 Å². The Kier molecular flexibility index (Phi) is 4.13. The minimum atomic E-state index is -0.170. The van der Waals surface area contributed by atoms with Gasteiger partial charge in [-0.2, -0.15) is 0 Å². The molecule has 2 fully saturated rings. The summed E-state index contributed by atoms with van der Waals surface area (Å²) < 4.78 is 13.4. The van der Waals surface area contributed by atoms with Gasteiger partial charge in [-0.1, -0.05) is 31.4 Å². The molecule has 0 aromatic heterocycles. The van der Waals surface area contributed by atoms with E-state index in [9.17, 15) is 4.39 Å². The van der Waals surface area contributed by atoms with Gasteiger partial charge >= 0.3 is 0 Å². The molecule has 2 aliphatic carbocycles. The Balaban J connectivity index is 1.59. The van der Waals surface area contributed by atoms with Gasteiger partial charge < -0.3 is 11.1 Å². The minimum Gasteiger partial charge on any atom is -0.370 e. The Bertz CT molecular complexity index is 517. The number of aliphatic imine (C=N–C) groups is 1. The minimum absolute atomic E-state index is 0.0148. The van der Waals surface area contributed by atoms with E-state index < -0.39 is 0 Å². The first-order valence-corrected chi connectivity index (χ1v) is 8.00. The maximum absolute atomic E-state index is 13.4. The van der Waals surface area contributed by atoms with Crippen molar-refractivity contribution in [2.45, 2.75) is 56.4 Å². The summed E-state index contributed by atoms with van der Waals surface area (Å²) in [6.07, 6.45) is 8.39. The zero-order valence-corrected chi connectivity index (χ0v) is 12.4. The largest absolute Gasteiger partial charge is 0.370 e. The fourth-order valence-electron chi connectivity index (χ4n) is 3.25. The number of nitrogens with two attached hydrogens (primary N) is 1. The van der Waals surface area contributed by atoms with Crippen LogP contribution in [-0.4, -0.2) is 18.5 Å². The number of hydrogen-bond acceptors (Lipinski definition) is 1. The Morgan fingerprint density at radius 2 is 2.05 bits per heavy atom. The molecule has 1 aromatic carbocycles. The molecule has 0 saturated heterocycles. The normalized spacial score (nSPS) is 22.0. The van der Waals surface area contributed by atoms with Crippen molar-refractivity contribution in [2.75, 3.05) is 6.54 Å². The average Bonchev–Trinajstić information content (AvgIpc) is 3.28. The second-order valence-electron chi connectivity index (χ2n) is 6.47. The van der Waals surface area contributed by atoms with Crippen molar-refractivity contribution in [3.63, 3.8) is 0 Å². The zero-order chi connectivity index (χ0) is 14.7. The van der Waals surface area contributed by atoms with Gasteiger partial charge in [0.05, 0.1) is 6.54 Å². The number of rotatable bonds is 4. The van der Waals surface area contributed by atoms with E-state index in [2.05, 4.69) is 10.3 Å². The standard InChI is InChI=1S/C17H24FN3/c18-14-6-4-5-13(11-14)17(9-10-17)12-20-16(19)21-15-7-2-1-3-8-15/h4-6,11,15H,1-3,7-10,12H2,(H3,19,20,21). The highest BCUT2D eigenvalue weighted by Gasteiger charge is 2.44. The van der Waals surface area contributed by atoms with Crippen LogP contribution in [0.5, 0.6) is 0 Å². The zero-order valence-electron chi connectivity index (χ0n) is 12.4. The van der Waals surface area contributed by atoms with E-state index >= 15 is 0 Å². The van der Waals surface area contributed by atoms with Crippen LogP contribution in [-0.2, 0) is 5.41 Å². The summed E-state index contributed by atoms with van der Waals surface area (Å²) in [5, 5.41) is 3.34. The molecule has 0 bridgehead atoms. The van der Waals surface area contributed by atoms with E-state index in [0.717, 1.165) is 18.4 Å². The van der Waals surface area contributed by atoms with Crippen LogP contribution in [0, 0.1) is 5.82 Å². The van der Waals surface area contributed by atoms with Crippen LogP contribution in [0.25, 0.3) is 0 Å². The molecule has 2 aliphatic rings. The third kappa shape index (κ3) is 3.55. The van der Waals surface area contributed by atoms with Gasteiger partial charge in [-0.15, -0.1) is 0 Å². The van der Waals surface area contributed by atoms with Crippen LogP contribution in [0.3, 0.4) is 0 Å². The summed E-state index contributed by atoms with van der Waals surface area (Å²) in [5.41, 5.74) is 7.08. The molecule has 0 aliphatic heterocycles. The van der Waals surface area contributed by atoms with Crippen LogP contribution < -0.4 is 11.1 Å². The highest BCUT2D eigenvalue weighted by atomic mass is 19.1. The van der Waals surface area contributed by atoms with Crippen LogP contribution >= 0.6 is 0 Å². The van der Waals surface area contributed by atoms with Gasteiger partial charge in [0.25, 0.3) is 0 Å². The van der Waals surface area contributed by atoms with E-state index in [4.69, 9.17) is 5.73 Å². The van der Waals surface area contributed by atoms with Gasteiger partial charge in [0.2, 0.25) is 0 Å². The van der Waals surface area contributed by atoms with Crippen LogP contribution in [0.15, 0.2) is 29.3 Å². The van der Waals surface area contributed by atoms with Crippen molar-refractivity contribution >= 4 is 5.96 Å². The highest BCUT2D eigenvalue weighted by Crippen LogP contribution is 2.48. The third-order valence-corrected chi connectivity index (χ3v) is 4.80. The number of halogens is 1. The van der Waals surface area contributed by atoms with Crippen molar-refractivity contribution in [1.82, 2.24) is 5.32 Å². The molecule has 0 heterocycles. The predicted molar refractivity (Wildman–Crippen MR) is 83.8 cm³/mol. The van der Waals surface area contributed by atoms with Crippen LogP contribution in [0.2, 0.25) is 0 Å². The molecular weight excluding hydrogens is 265 g/mol. The molecule has 2 saturated carbocycles. The maximum atomic E-state index is 13.4. The van der Waals surface area contributed by atoms with Crippen LogP contribution in [0.1, 0.15) is 50.5 Å². The first-order chi connectivity index (χ1) is 10.2. The summed E-state index contributed by atoms with van der Waals surface area (Å²) in [6, 6.07) is 7.37. The second kappa shape index (κ2) is 6.04. The third-order valence-electron chi connectivity index (χ3n) is 4.80. The number of benzene rings is 1. The molecule has 3 rings (SSSR count). The smallest absolute Gasteiger partial charge is 0.188 e. The monoisotopic (exact) mass is 289 g/mol. The predicted octanol–water partition coefficient (Wildman–Crippen LogP) is 3.09. The van der Waals surface area contributed by atoms with E-state index in [1.807, 2.05) is 6.07 Å². The Hall–Kier alpha value is -1.58. The molecule has 21 heavy (non-hydrogen) atoms. The molecule has 3 nitrogen and oxygen atoms in total. The molecule has 4 heteroatoms. The fraction of sp³-hybridized carbons (Fsp3) is 0.588. The Morgan fingerprint density at radius 3 is 2.71 bits per heavy atom. The summed E-state index contributed by atoms with van der Waals surface area (Å²) in [4.78, 5) is 4.52. The van der Waals surface area contributed by atoms with Gasteiger partial charge in [0, 0.05) is 11.5 Å². The van der Waals surface area contributed by atoms with E-state index in [-0.39, 0.29) is 11.2 Å². The molecule has 1 aromatic rings. The van der Waals surface area contributed by atoms with Crippen molar-refractivity contribution in [3.8, 4) is 0 Å². The number of hydrogen-bond donors (Lipinski definition) is 2. The van der Waals surface area contributed by atoms with E-state index in [0.29, 0.717) is 18.5 Å². The lowest BCUT2D eigenvalue weighted by molar-refractivity contribution is 0.412. The molecule has 0 radical (unpaired) electrons. The van der Waals surface area contributed by atoms with Crippen molar-refractivity contribution in [1.29, 1.82) is 0 Å². The molecule has 3 N–H and O–H groups in total. The summed E-state index contributed by atoms with van der Waals surface area (Å²) in [7, 11) is 0. The van der Waals surface area contributed by atoms with E-state index in [1.165, 1.54) is 38.2 Å². The Labute approximate surface area is 125 Å². The van der Waals surface area contributed by atoms with Gasteiger partial charge in [-0.25, -0.2) is 4.39 Å². The first kappa shape index (κ1) is 14.4. The summed E-state index contributed by atoms with van der Waals surface area (Å²) in [5.74, 6) is 0.376. The quantitative estimate of drug-likeness (QED) is 0.661. The summed E-state index contributed by atoms with van der Waals surface area (Å²) in [6.45, 7) is 0.655. The maximum Gasteiger partial charge on any atom is 0.188 e. The molecule has 0 spiro atoms. The average molecular weight is 289 g/mol. The number of nitrogens with one attached hydrogen (secondary N) is 1. The number of guanidine groups is 1. The lowest BCUT2D eigenvalue weighted by Gasteiger charge is -2.23. The molecule has 0 amide bonds. The van der Waals surface area contributed by atoms with Gasteiger partial charge in [-0.3, -0.25) is 4.99 Å². The summed E-state index contributed by atoms with van der Waals surface area (Å²) >= 11 is 0. The lowest BCUT2D eigenvalue weighted by atomic mass is 9.95. The molecule has 0 atom stereocenters. The molecular formula is C17H24FN3. The Morgan fingerprint density at radius 1 is 1.29 bits per heavy atom. The van der Waals surface area contributed by atoms with Gasteiger partial charge in [0.1, 0.15) is 5.82 Å². The topological polar surface area (TPSA) is 50.4 Å². The van der Waals surface area contributed by atoms with Gasteiger partial charge in [0.15, 0.2) is 5.96 Å². The van der Waals surface area contributed by atoms with Crippen LogP contribution in [0.4, 0.5) is 4.39 Å².